The van der Waals surface area contributed by atoms with E-state index in [-0.39, 0.29) is 0 Å². The smallest absolute Gasteiger partial charge is 0.0944 e. The lowest BCUT2D eigenvalue weighted by molar-refractivity contribution is 0.152. The quantitative estimate of drug-likeness (QED) is 0.847. The molecule has 1 atom stereocenters. The van der Waals surface area contributed by atoms with Gasteiger partial charge in [0.15, 0.2) is 0 Å². The van der Waals surface area contributed by atoms with Crippen LogP contribution in [-0.4, -0.2) is 27.5 Å². The van der Waals surface area contributed by atoms with Crippen LogP contribution in [0.5, 0.6) is 0 Å². The van der Waals surface area contributed by atoms with Crippen LogP contribution >= 0.6 is 0 Å². The normalized spacial score (nSPS) is 22.4. The zero-order chi connectivity index (χ0) is 14.7. The SMILES string of the molecule is Cn1cc([C@@H](O)CNC(C2CCCC2)C2CCCC2)cn1. The van der Waals surface area contributed by atoms with Gasteiger partial charge in [-0.05, 0) is 37.5 Å². The van der Waals surface area contributed by atoms with Crippen molar-refractivity contribution < 1.29 is 5.11 Å². The first-order chi connectivity index (χ1) is 10.2. The summed E-state index contributed by atoms with van der Waals surface area (Å²) in [4.78, 5) is 0. The number of aliphatic hydroxyl groups excluding tert-OH is 1. The van der Waals surface area contributed by atoms with Crippen molar-refractivity contribution in [1.29, 1.82) is 0 Å². The van der Waals surface area contributed by atoms with Gasteiger partial charge in [-0.1, -0.05) is 25.7 Å². The van der Waals surface area contributed by atoms with Crippen LogP contribution in [-0.2, 0) is 7.05 Å². The first-order valence-corrected chi connectivity index (χ1v) is 8.64. The van der Waals surface area contributed by atoms with Crippen molar-refractivity contribution >= 4 is 0 Å². The fourth-order valence-corrected chi connectivity index (χ4v) is 4.33. The van der Waals surface area contributed by atoms with Gasteiger partial charge in [0.05, 0.1) is 12.3 Å². The Morgan fingerprint density at radius 1 is 1.19 bits per heavy atom. The summed E-state index contributed by atoms with van der Waals surface area (Å²) in [5.74, 6) is 1.66. The molecule has 0 radical (unpaired) electrons. The molecule has 4 heteroatoms. The first kappa shape index (κ1) is 15.0. The Morgan fingerprint density at radius 2 is 1.76 bits per heavy atom. The molecule has 118 valence electrons. The highest BCUT2D eigenvalue weighted by molar-refractivity contribution is 5.08. The summed E-state index contributed by atoms with van der Waals surface area (Å²) in [7, 11) is 1.89. The number of hydrogen-bond donors (Lipinski definition) is 2. The van der Waals surface area contributed by atoms with E-state index in [9.17, 15) is 5.11 Å². The molecule has 2 aliphatic rings. The van der Waals surface area contributed by atoms with Crippen molar-refractivity contribution in [3.05, 3.63) is 18.0 Å². The number of hydrogen-bond acceptors (Lipinski definition) is 3. The Bertz CT molecular complexity index is 417. The van der Waals surface area contributed by atoms with Crippen molar-refractivity contribution in [2.45, 2.75) is 63.5 Å². The molecule has 2 fully saturated rings. The molecule has 4 nitrogen and oxygen atoms in total. The molecule has 2 aliphatic carbocycles. The van der Waals surface area contributed by atoms with Crippen molar-refractivity contribution in [1.82, 2.24) is 15.1 Å². The van der Waals surface area contributed by atoms with Gasteiger partial charge in [0, 0.05) is 31.4 Å². The maximum absolute atomic E-state index is 10.4. The van der Waals surface area contributed by atoms with Crippen LogP contribution in [0.25, 0.3) is 0 Å². The largest absolute Gasteiger partial charge is 0.387 e. The molecule has 0 saturated heterocycles. The molecule has 2 N–H and O–H groups in total. The molecule has 0 bridgehead atoms. The summed E-state index contributed by atoms with van der Waals surface area (Å²) in [6.07, 6.45) is 14.3. The predicted molar refractivity (Wildman–Crippen MR) is 83.9 cm³/mol. The molecule has 0 unspecified atom stereocenters. The van der Waals surface area contributed by atoms with E-state index in [1.165, 1.54) is 51.4 Å². The third-order valence-electron chi connectivity index (χ3n) is 5.47. The molecule has 0 aromatic carbocycles. The zero-order valence-electron chi connectivity index (χ0n) is 13.2. The number of aryl methyl sites for hydroxylation is 1. The second kappa shape index (κ2) is 6.93. The summed E-state index contributed by atoms with van der Waals surface area (Å²) in [5, 5.41) is 18.2. The van der Waals surface area contributed by atoms with E-state index in [0.717, 1.165) is 17.4 Å². The van der Waals surface area contributed by atoms with Crippen molar-refractivity contribution in [3.63, 3.8) is 0 Å². The molecule has 0 amide bonds. The highest BCUT2D eigenvalue weighted by Gasteiger charge is 2.33. The Labute approximate surface area is 127 Å². The molecular formula is C17H29N3O. The fourth-order valence-electron chi connectivity index (χ4n) is 4.33. The van der Waals surface area contributed by atoms with Crippen LogP contribution in [0.15, 0.2) is 12.4 Å². The maximum atomic E-state index is 10.4. The van der Waals surface area contributed by atoms with Gasteiger partial charge in [-0.2, -0.15) is 5.10 Å². The monoisotopic (exact) mass is 291 g/mol. The van der Waals surface area contributed by atoms with E-state index in [1.54, 1.807) is 10.9 Å². The lowest BCUT2D eigenvalue weighted by atomic mass is 9.85. The van der Waals surface area contributed by atoms with E-state index >= 15 is 0 Å². The standard InChI is InChI=1S/C17H29N3O/c1-20-12-15(10-19-20)16(21)11-18-17(13-6-2-3-7-13)14-8-4-5-9-14/h10,12-14,16-18,21H,2-9,11H2,1H3/t16-/m0/s1. The molecular weight excluding hydrogens is 262 g/mol. The third kappa shape index (κ3) is 3.67. The molecule has 0 aliphatic heterocycles. The summed E-state index contributed by atoms with van der Waals surface area (Å²) in [6, 6.07) is 0.612. The molecule has 2 saturated carbocycles. The second-order valence-corrected chi connectivity index (χ2v) is 6.99. The van der Waals surface area contributed by atoms with Crippen molar-refractivity contribution in [2.75, 3.05) is 6.54 Å². The average Bonchev–Trinajstić information content (AvgIpc) is 3.21. The summed E-state index contributed by atoms with van der Waals surface area (Å²) in [5.41, 5.74) is 0.918. The number of aliphatic hydroxyl groups is 1. The van der Waals surface area contributed by atoms with E-state index in [2.05, 4.69) is 10.4 Å². The van der Waals surface area contributed by atoms with E-state index in [0.29, 0.717) is 12.6 Å². The third-order valence-corrected chi connectivity index (χ3v) is 5.47. The van der Waals surface area contributed by atoms with Gasteiger partial charge < -0.3 is 10.4 Å². The molecule has 1 aromatic rings. The molecule has 1 aromatic heterocycles. The van der Waals surface area contributed by atoms with Gasteiger partial charge in [0.25, 0.3) is 0 Å². The summed E-state index contributed by atoms with van der Waals surface area (Å²) >= 11 is 0. The highest BCUT2D eigenvalue weighted by Crippen LogP contribution is 2.37. The lowest BCUT2D eigenvalue weighted by Gasteiger charge is -2.31. The van der Waals surface area contributed by atoms with Crippen LogP contribution in [0.1, 0.15) is 63.0 Å². The Balaban J connectivity index is 1.58. The molecule has 0 spiro atoms. The first-order valence-electron chi connectivity index (χ1n) is 8.64. The van der Waals surface area contributed by atoms with Gasteiger partial charge in [-0.15, -0.1) is 0 Å². The summed E-state index contributed by atoms with van der Waals surface area (Å²) in [6.45, 7) is 0.656. The van der Waals surface area contributed by atoms with Crippen molar-refractivity contribution in [3.8, 4) is 0 Å². The van der Waals surface area contributed by atoms with E-state index < -0.39 is 6.10 Å². The number of nitrogens with zero attached hydrogens (tertiary/aromatic N) is 2. The topological polar surface area (TPSA) is 50.1 Å². The van der Waals surface area contributed by atoms with Crippen molar-refractivity contribution in [2.24, 2.45) is 18.9 Å². The maximum Gasteiger partial charge on any atom is 0.0944 e. The minimum atomic E-state index is -0.441. The van der Waals surface area contributed by atoms with Crippen LogP contribution < -0.4 is 5.32 Å². The van der Waals surface area contributed by atoms with Gasteiger partial charge in [-0.25, -0.2) is 0 Å². The summed E-state index contributed by atoms with van der Waals surface area (Å²) < 4.78 is 1.75. The zero-order valence-corrected chi connectivity index (χ0v) is 13.2. The van der Waals surface area contributed by atoms with E-state index in [1.807, 2.05) is 13.2 Å². The van der Waals surface area contributed by atoms with Gasteiger partial charge >= 0.3 is 0 Å². The Morgan fingerprint density at radius 3 is 2.24 bits per heavy atom. The van der Waals surface area contributed by atoms with Crippen LogP contribution in [0, 0.1) is 11.8 Å². The molecule has 21 heavy (non-hydrogen) atoms. The Hall–Kier alpha value is -0.870. The highest BCUT2D eigenvalue weighted by atomic mass is 16.3. The number of nitrogens with one attached hydrogen (secondary N) is 1. The van der Waals surface area contributed by atoms with Crippen LogP contribution in [0.3, 0.4) is 0 Å². The fraction of sp³-hybridized carbons (Fsp3) is 0.824. The molecule has 3 rings (SSSR count). The minimum Gasteiger partial charge on any atom is -0.387 e. The van der Waals surface area contributed by atoms with Crippen LogP contribution in [0.2, 0.25) is 0 Å². The van der Waals surface area contributed by atoms with Gasteiger partial charge in [-0.3, -0.25) is 4.68 Å². The average molecular weight is 291 g/mol. The van der Waals surface area contributed by atoms with E-state index in [4.69, 9.17) is 0 Å². The second-order valence-electron chi connectivity index (χ2n) is 6.99. The lowest BCUT2D eigenvalue weighted by Crippen LogP contribution is -2.42. The minimum absolute atomic E-state index is 0.441. The molecule has 1 heterocycles. The van der Waals surface area contributed by atoms with Gasteiger partial charge in [0.2, 0.25) is 0 Å². The predicted octanol–water partition coefficient (Wildman–Crippen LogP) is 2.79. The van der Waals surface area contributed by atoms with Crippen LogP contribution in [0.4, 0.5) is 0 Å². The number of aromatic nitrogens is 2. The Kier molecular flexibility index (Phi) is 4.96. The number of rotatable bonds is 6. The van der Waals surface area contributed by atoms with Gasteiger partial charge in [0.1, 0.15) is 0 Å².